The summed E-state index contributed by atoms with van der Waals surface area (Å²) in [4.78, 5) is 72.0. The van der Waals surface area contributed by atoms with Crippen LogP contribution < -0.4 is 10.2 Å². The summed E-state index contributed by atoms with van der Waals surface area (Å²) in [6, 6.07) is 15.5. The Hall–Kier alpha value is -6.11. The number of hydrogen-bond donors (Lipinski definition) is 2. The van der Waals surface area contributed by atoms with Crippen LogP contribution in [-0.4, -0.2) is 75.7 Å². The van der Waals surface area contributed by atoms with Crippen molar-refractivity contribution >= 4 is 46.8 Å². The molecule has 2 aromatic carbocycles. The largest absolute Gasteiger partial charge is 0.488 e. The highest BCUT2D eigenvalue weighted by Crippen LogP contribution is 2.41. The number of carboxylic acids is 2. The lowest BCUT2D eigenvalue weighted by atomic mass is 9.91. The SMILES string of the molecule is O=C(O)CN(/N=C/COc1ccc2c(-c3ccccc3C(=O)O)c3ccc(=O)cc-3oc2c1)C(=O)CN1C(=O)C=CC1=O. The molecule has 2 aliphatic heterocycles. The zero-order chi connectivity index (χ0) is 30.7. The Labute approximate surface area is 241 Å². The minimum atomic E-state index is -1.37. The van der Waals surface area contributed by atoms with E-state index in [0.717, 1.165) is 18.4 Å². The van der Waals surface area contributed by atoms with Gasteiger partial charge in [-0.1, -0.05) is 18.2 Å². The molecule has 0 fully saturated rings. The summed E-state index contributed by atoms with van der Waals surface area (Å²) < 4.78 is 11.7. The molecule has 3 amide bonds. The lowest BCUT2D eigenvalue weighted by Gasteiger charge is -2.19. The molecule has 0 saturated heterocycles. The summed E-state index contributed by atoms with van der Waals surface area (Å²) in [5, 5.41) is 23.9. The van der Waals surface area contributed by atoms with E-state index in [1.54, 1.807) is 36.4 Å². The number of amides is 3. The van der Waals surface area contributed by atoms with Crippen molar-refractivity contribution in [2.24, 2.45) is 5.10 Å². The first kappa shape index (κ1) is 28.4. The second-order valence-corrected chi connectivity index (χ2v) is 9.19. The molecule has 1 aliphatic carbocycles. The van der Waals surface area contributed by atoms with Gasteiger partial charge in [0.1, 0.15) is 36.8 Å². The summed E-state index contributed by atoms with van der Waals surface area (Å²) in [6.07, 6.45) is 3.13. The molecule has 13 heteroatoms. The molecule has 2 heterocycles. The maximum Gasteiger partial charge on any atom is 0.336 e. The average molecular weight is 584 g/mol. The molecule has 216 valence electrons. The molecule has 0 unspecified atom stereocenters. The number of nitrogens with zero attached hydrogens (tertiary/aromatic N) is 3. The number of benzene rings is 3. The van der Waals surface area contributed by atoms with Crippen molar-refractivity contribution in [3.63, 3.8) is 0 Å². The smallest absolute Gasteiger partial charge is 0.336 e. The van der Waals surface area contributed by atoms with E-state index in [9.17, 15) is 33.9 Å². The number of hydrogen-bond acceptors (Lipinski definition) is 9. The summed E-state index contributed by atoms with van der Waals surface area (Å²) in [5.41, 5.74) is 1.57. The predicted octanol–water partition coefficient (Wildman–Crippen LogP) is 2.47. The Morgan fingerprint density at radius 1 is 0.930 bits per heavy atom. The zero-order valence-electron chi connectivity index (χ0n) is 22.1. The molecule has 2 N–H and O–H groups in total. The van der Waals surface area contributed by atoms with Crippen molar-refractivity contribution in [1.29, 1.82) is 0 Å². The first-order valence-electron chi connectivity index (χ1n) is 12.7. The molecule has 0 saturated carbocycles. The van der Waals surface area contributed by atoms with Gasteiger partial charge in [0.2, 0.25) is 0 Å². The highest BCUT2D eigenvalue weighted by atomic mass is 16.5. The van der Waals surface area contributed by atoms with E-state index in [0.29, 0.717) is 37.6 Å². The summed E-state index contributed by atoms with van der Waals surface area (Å²) in [6.45, 7) is -1.72. The van der Waals surface area contributed by atoms with Gasteiger partial charge in [0.15, 0.2) is 5.43 Å². The molecule has 0 aromatic heterocycles. The van der Waals surface area contributed by atoms with Crippen LogP contribution in [0.2, 0.25) is 0 Å². The van der Waals surface area contributed by atoms with Gasteiger partial charge >= 0.3 is 11.9 Å². The Morgan fingerprint density at radius 3 is 2.40 bits per heavy atom. The normalized spacial score (nSPS) is 12.9. The highest BCUT2D eigenvalue weighted by Gasteiger charge is 2.28. The van der Waals surface area contributed by atoms with E-state index in [2.05, 4.69) is 5.10 Å². The third-order valence-electron chi connectivity index (χ3n) is 6.40. The van der Waals surface area contributed by atoms with E-state index in [1.807, 2.05) is 0 Å². The first-order valence-corrected chi connectivity index (χ1v) is 12.7. The van der Waals surface area contributed by atoms with Gasteiger partial charge in [-0.05, 0) is 35.9 Å². The van der Waals surface area contributed by atoms with Crippen LogP contribution in [0.5, 0.6) is 5.75 Å². The maximum atomic E-state index is 12.5. The van der Waals surface area contributed by atoms with Gasteiger partial charge in [-0.2, -0.15) is 5.10 Å². The van der Waals surface area contributed by atoms with Crippen molar-refractivity contribution in [2.75, 3.05) is 19.7 Å². The molecule has 0 atom stereocenters. The Kier molecular flexibility index (Phi) is 7.79. The van der Waals surface area contributed by atoms with E-state index < -0.39 is 42.7 Å². The number of fused-ring (bicyclic) bond motifs is 2. The molecule has 5 rings (SSSR count). The molecular formula is C30H21N3O10. The van der Waals surface area contributed by atoms with Crippen LogP contribution in [0.3, 0.4) is 0 Å². The van der Waals surface area contributed by atoms with Crippen molar-refractivity contribution in [1.82, 2.24) is 9.91 Å². The lowest BCUT2D eigenvalue weighted by Crippen LogP contribution is -2.42. The number of carboxylic acid groups (broad SMARTS) is 2. The van der Waals surface area contributed by atoms with Crippen molar-refractivity contribution in [3.8, 4) is 28.2 Å². The van der Waals surface area contributed by atoms with Crippen LogP contribution in [0, 0.1) is 0 Å². The van der Waals surface area contributed by atoms with Crippen molar-refractivity contribution < 1.29 is 43.3 Å². The van der Waals surface area contributed by atoms with Crippen LogP contribution in [-0.2, 0) is 19.2 Å². The fraction of sp³-hybridized carbons (Fsp3) is 0.100. The van der Waals surface area contributed by atoms with E-state index >= 15 is 0 Å². The maximum absolute atomic E-state index is 12.5. The number of carbonyl (C=O) groups excluding carboxylic acids is 3. The van der Waals surface area contributed by atoms with Crippen LogP contribution in [0.25, 0.3) is 33.4 Å². The predicted molar refractivity (Wildman–Crippen MR) is 151 cm³/mol. The molecule has 0 radical (unpaired) electrons. The Morgan fingerprint density at radius 2 is 1.67 bits per heavy atom. The minimum Gasteiger partial charge on any atom is -0.488 e. The summed E-state index contributed by atoms with van der Waals surface area (Å²) >= 11 is 0. The van der Waals surface area contributed by atoms with E-state index in [1.165, 1.54) is 24.3 Å². The van der Waals surface area contributed by atoms with E-state index in [4.69, 9.17) is 14.3 Å². The van der Waals surface area contributed by atoms with Crippen molar-refractivity contribution in [2.45, 2.75) is 0 Å². The van der Waals surface area contributed by atoms with Gasteiger partial charge in [0.25, 0.3) is 17.7 Å². The zero-order valence-corrected chi connectivity index (χ0v) is 22.1. The highest BCUT2D eigenvalue weighted by molar-refractivity contribution is 6.14. The van der Waals surface area contributed by atoms with Gasteiger partial charge in [-0.15, -0.1) is 0 Å². The monoisotopic (exact) mass is 583 g/mol. The van der Waals surface area contributed by atoms with Crippen molar-refractivity contribution in [3.05, 3.63) is 88.6 Å². The first-order chi connectivity index (χ1) is 20.6. The van der Waals surface area contributed by atoms with Crippen LogP contribution in [0.15, 0.2) is 87.1 Å². The fourth-order valence-electron chi connectivity index (χ4n) is 4.51. The second-order valence-electron chi connectivity index (χ2n) is 9.19. The van der Waals surface area contributed by atoms with Gasteiger partial charge in [0, 0.05) is 40.8 Å². The number of hydrazone groups is 1. The lowest BCUT2D eigenvalue weighted by molar-refractivity contribution is -0.147. The summed E-state index contributed by atoms with van der Waals surface area (Å²) in [5.74, 6) is -4.26. The third kappa shape index (κ3) is 6.00. The molecule has 0 bridgehead atoms. The Bertz CT molecular complexity index is 1870. The number of ether oxygens (including phenoxy) is 1. The number of rotatable bonds is 10. The molecule has 3 aliphatic rings. The number of aliphatic carboxylic acids is 1. The number of carbonyl (C=O) groups is 5. The minimum absolute atomic E-state index is 0.0641. The third-order valence-corrected chi connectivity index (χ3v) is 6.40. The van der Waals surface area contributed by atoms with Crippen LogP contribution in [0.4, 0.5) is 0 Å². The quantitative estimate of drug-likeness (QED) is 0.122. The van der Waals surface area contributed by atoms with Crippen LogP contribution >= 0.6 is 0 Å². The standard InChI is InChI=1S/C30H21N3O10/c34-17-5-7-21-23(13-17)43-24-14-18(6-8-22(24)29(21)19-3-1-2-4-20(19)30(40)41)42-12-11-31-33(16-28(38)39)27(37)15-32-25(35)9-10-26(32)36/h1-11,13-14H,12,15-16H2,(H,38,39)(H,40,41)/b31-11+. The molecule has 13 nitrogen and oxygen atoms in total. The van der Waals surface area contributed by atoms with Gasteiger partial charge < -0.3 is 19.4 Å². The van der Waals surface area contributed by atoms with Gasteiger partial charge in [-0.3, -0.25) is 28.9 Å². The molecule has 43 heavy (non-hydrogen) atoms. The second kappa shape index (κ2) is 11.8. The molecule has 0 spiro atoms. The number of imide groups is 1. The van der Waals surface area contributed by atoms with Gasteiger partial charge in [0.05, 0.1) is 11.8 Å². The van der Waals surface area contributed by atoms with Gasteiger partial charge in [-0.25, -0.2) is 9.80 Å². The summed E-state index contributed by atoms with van der Waals surface area (Å²) in [7, 11) is 0. The Balaban J connectivity index is 1.41. The van der Waals surface area contributed by atoms with E-state index in [-0.39, 0.29) is 29.1 Å². The fourth-order valence-corrected chi connectivity index (χ4v) is 4.51. The topological polar surface area (TPSA) is 184 Å². The molecular weight excluding hydrogens is 562 g/mol. The van der Waals surface area contributed by atoms with Crippen LogP contribution in [0.1, 0.15) is 10.4 Å². The average Bonchev–Trinajstić information content (AvgIpc) is 3.29. The number of aromatic carboxylic acids is 1. The molecule has 2 aromatic rings.